The first-order valence-electron chi connectivity index (χ1n) is 5.16. The number of fused-ring (bicyclic) bond motifs is 1. The Morgan fingerprint density at radius 3 is 2.94 bits per heavy atom. The van der Waals surface area contributed by atoms with Gasteiger partial charge in [-0.2, -0.15) is 5.10 Å². The van der Waals surface area contributed by atoms with Crippen LogP contribution in [0.25, 0.3) is 16.8 Å². The molecule has 0 aliphatic rings. The Bertz CT molecular complexity index is 690. The van der Waals surface area contributed by atoms with Gasteiger partial charge in [-0.3, -0.25) is 4.98 Å². The molecule has 0 atom stereocenters. The number of halogens is 1. The minimum absolute atomic E-state index is 0.843. The Hall–Kier alpha value is -1.75. The van der Waals surface area contributed by atoms with Gasteiger partial charge < -0.3 is 0 Å². The molecule has 0 saturated carbocycles. The van der Waals surface area contributed by atoms with Gasteiger partial charge in [0.15, 0.2) is 5.65 Å². The van der Waals surface area contributed by atoms with Crippen LogP contribution >= 0.6 is 15.9 Å². The van der Waals surface area contributed by atoms with E-state index in [1.54, 1.807) is 16.9 Å². The molecular formula is C12H9BrN4. The van der Waals surface area contributed by atoms with Crippen molar-refractivity contribution in [1.82, 2.24) is 19.6 Å². The van der Waals surface area contributed by atoms with Gasteiger partial charge in [-0.1, -0.05) is 0 Å². The van der Waals surface area contributed by atoms with Crippen molar-refractivity contribution in [2.24, 2.45) is 0 Å². The molecule has 5 heteroatoms. The number of hydrogen-bond donors (Lipinski definition) is 0. The molecule has 0 aliphatic heterocycles. The van der Waals surface area contributed by atoms with Crippen LogP contribution in [-0.2, 0) is 0 Å². The highest BCUT2D eigenvalue weighted by atomic mass is 79.9. The molecule has 0 bridgehead atoms. The van der Waals surface area contributed by atoms with Crippen molar-refractivity contribution in [3.05, 3.63) is 47.1 Å². The molecule has 0 N–H and O–H groups in total. The van der Waals surface area contributed by atoms with Crippen LogP contribution in [0.3, 0.4) is 0 Å². The quantitative estimate of drug-likeness (QED) is 0.692. The Kier molecular flexibility index (Phi) is 2.40. The third-order valence-corrected chi connectivity index (χ3v) is 3.52. The Morgan fingerprint density at radius 1 is 1.18 bits per heavy atom. The van der Waals surface area contributed by atoms with Crippen molar-refractivity contribution >= 4 is 21.6 Å². The summed E-state index contributed by atoms with van der Waals surface area (Å²) in [6.45, 7) is 2.05. The molecule has 3 rings (SSSR count). The van der Waals surface area contributed by atoms with Crippen LogP contribution < -0.4 is 0 Å². The Labute approximate surface area is 106 Å². The lowest BCUT2D eigenvalue weighted by atomic mass is 10.1. The standard InChI is InChI=1S/C12H9BrN4/c1-8-9(5-14-7-11(8)13)10-6-16-17-4-2-3-15-12(10)17/h2-7H,1H3. The van der Waals surface area contributed by atoms with Gasteiger partial charge in [0.1, 0.15) is 0 Å². The molecule has 0 amide bonds. The van der Waals surface area contributed by atoms with Gasteiger partial charge in [-0.15, -0.1) is 0 Å². The van der Waals surface area contributed by atoms with Crippen molar-refractivity contribution in [1.29, 1.82) is 0 Å². The van der Waals surface area contributed by atoms with Crippen LogP contribution in [0.1, 0.15) is 5.56 Å². The monoisotopic (exact) mass is 288 g/mol. The third-order valence-electron chi connectivity index (χ3n) is 2.72. The Balaban J connectivity index is 2.31. The number of hydrogen-bond acceptors (Lipinski definition) is 3. The highest BCUT2D eigenvalue weighted by Gasteiger charge is 2.11. The summed E-state index contributed by atoms with van der Waals surface area (Å²) in [4.78, 5) is 8.54. The van der Waals surface area contributed by atoms with Crippen molar-refractivity contribution in [3.8, 4) is 11.1 Å². The van der Waals surface area contributed by atoms with Gasteiger partial charge >= 0.3 is 0 Å². The fraction of sp³-hybridized carbons (Fsp3) is 0.0833. The maximum absolute atomic E-state index is 4.35. The summed E-state index contributed by atoms with van der Waals surface area (Å²) >= 11 is 3.49. The second-order valence-corrected chi connectivity index (χ2v) is 4.59. The lowest BCUT2D eigenvalue weighted by Gasteiger charge is -2.04. The topological polar surface area (TPSA) is 43.1 Å². The average molecular weight is 289 g/mol. The fourth-order valence-electron chi connectivity index (χ4n) is 1.79. The lowest BCUT2D eigenvalue weighted by Crippen LogP contribution is -1.90. The van der Waals surface area contributed by atoms with E-state index in [2.05, 4.69) is 31.0 Å². The molecule has 0 saturated heterocycles. The SMILES string of the molecule is Cc1c(Br)cncc1-c1cnn2cccnc12. The molecule has 0 aromatic carbocycles. The first kappa shape index (κ1) is 10.4. The molecule has 17 heavy (non-hydrogen) atoms. The summed E-state index contributed by atoms with van der Waals surface area (Å²) < 4.78 is 2.75. The predicted molar refractivity (Wildman–Crippen MR) is 68.7 cm³/mol. The summed E-state index contributed by atoms with van der Waals surface area (Å²) in [5.41, 5.74) is 4.03. The molecule has 0 fully saturated rings. The van der Waals surface area contributed by atoms with E-state index >= 15 is 0 Å². The van der Waals surface area contributed by atoms with Gasteiger partial charge in [-0.05, 0) is 34.5 Å². The van der Waals surface area contributed by atoms with Crippen LogP contribution in [0.15, 0.2) is 41.5 Å². The van der Waals surface area contributed by atoms with Crippen molar-refractivity contribution in [2.75, 3.05) is 0 Å². The van der Waals surface area contributed by atoms with Gasteiger partial charge in [0.05, 0.1) is 6.20 Å². The average Bonchev–Trinajstić information content (AvgIpc) is 2.77. The summed E-state index contributed by atoms with van der Waals surface area (Å²) in [5.74, 6) is 0. The van der Waals surface area contributed by atoms with E-state index in [1.165, 1.54) is 0 Å². The van der Waals surface area contributed by atoms with Crippen LogP contribution in [-0.4, -0.2) is 19.6 Å². The summed E-state index contributed by atoms with van der Waals surface area (Å²) in [6, 6.07) is 1.86. The summed E-state index contributed by atoms with van der Waals surface area (Å²) in [6.07, 6.45) is 9.09. The first-order valence-corrected chi connectivity index (χ1v) is 5.95. The molecular weight excluding hydrogens is 280 g/mol. The molecule has 84 valence electrons. The van der Waals surface area contributed by atoms with Crippen LogP contribution in [0.5, 0.6) is 0 Å². The van der Waals surface area contributed by atoms with E-state index in [0.717, 1.165) is 26.8 Å². The second-order valence-electron chi connectivity index (χ2n) is 3.74. The molecule has 3 heterocycles. The minimum Gasteiger partial charge on any atom is -0.263 e. The highest BCUT2D eigenvalue weighted by molar-refractivity contribution is 9.10. The molecule has 3 aromatic rings. The summed E-state index contributed by atoms with van der Waals surface area (Å²) in [7, 11) is 0. The molecule has 0 unspecified atom stereocenters. The van der Waals surface area contributed by atoms with Crippen LogP contribution in [0, 0.1) is 6.92 Å². The zero-order chi connectivity index (χ0) is 11.8. The van der Waals surface area contributed by atoms with Gasteiger partial charge in [0.25, 0.3) is 0 Å². The normalized spacial score (nSPS) is 10.9. The molecule has 0 spiro atoms. The minimum atomic E-state index is 0.843. The molecule has 3 aromatic heterocycles. The van der Waals surface area contributed by atoms with Crippen molar-refractivity contribution in [3.63, 3.8) is 0 Å². The predicted octanol–water partition coefficient (Wildman–Crippen LogP) is 2.86. The molecule has 0 aliphatic carbocycles. The van der Waals surface area contributed by atoms with E-state index in [1.807, 2.05) is 31.6 Å². The van der Waals surface area contributed by atoms with Gasteiger partial charge in [0, 0.05) is 40.4 Å². The maximum Gasteiger partial charge on any atom is 0.162 e. The number of nitrogens with zero attached hydrogens (tertiary/aromatic N) is 4. The lowest BCUT2D eigenvalue weighted by molar-refractivity contribution is 0.939. The van der Waals surface area contributed by atoms with E-state index in [9.17, 15) is 0 Å². The van der Waals surface area contributed by atoms with E-state index < -0.39 is 0 Å². The first-order chi connectivity index (χ1) is 8.27. The van der Waals surface area contributed by atoms with E-state index in [4.69, 9.17) is 0 Å². The van der Waals surface area contributed by atoms with E-state index in [0.29, 0.717) is 0 Å². The number of pyridine rings is 1. The molecule has 0 radical (unpaired) electrons. The zero-order valence-corrected chi connectivity index (χ0v) is 10.7. The van der Waals surface area contributed by atoms with Crippen molar-refractivity contribution < 1.29 is 0 Å². The number of rotatable bonds is 1. The van der Waals surface area contributed by atoms with E-state index in [-0.39, 0.29) is 0 Å². The zero-order valence-electron chi connectivity index (χ0n) is 9.13. The second kappa shape index (κ2) is 3.92. The maximum atomic E-state index is 4.35. The largest absolute Gasteiger partial charge is 0.263 e. The van der Waals surface area contributed by atoms with Crippen LogP contribution in [0.4, 0.5) is 0 Å². The smallest absolute Gasteiger partial charge is 0.162 e. The molecule has 4 nitrogen and oxygen atoms in total. The Morgan fingerprint density at radius 2 is 2.06 bits per heavy atom. The van der Waals surface area contributed by atoms with Gasteiger partial charge in [0.2, 0.25) is 0 Å². The fourth-order valence-corrected chi connectivity index (χ4v) is 2.12. The number of aromatic nitrogens is 4. The third kappa shape index (κ3) is 1.63. The van der Waals surface area contributed by atoms with Crippen molar-refractivity contribution in [2.45, 2.75) is 6.92 Å². The highest BCUT2D eigenvalue weighted by Crippen LogP contribution is 2.29. The van der Waals surface area contributed by atoms with Crippen LogP contribution in [0.2, 0.25) is 0 Å². The van der Waals surface area contributed by atoms with Gasteiger partial charge in [-0.25, -0.2) is 9.50 Å². The summed E-state index contributed by atoms with van der Waals surface area (Å²) in [5, 5.41) is 4.28.